The number of carbonyl (C=O) groups is 1. The van der Waals surface area contributed by atoms with Crippen LogP contribution >= 0.6 is 0 Å². The summed E-state index contributed by atoms with van der Waals surface area (Å²) in [5.74, 6) is -0.266. The minimum Gasteiger partial charge on any atom is -0.338 e. The van der Waals surface area contributed by atoms with E-state index in [1.54, 1.807) is 0 Å². The number of carbonyl (C=O) groups excluding carboxylic acids is 1. The van der Waals surface area contributed by atoms with Crippen LogP contribution in [0.2, 0.25) is 0 Å². The average molecular weight is 424 g/mol. The van der Waals surface area contributed by atoms with Crippen LogP contribution in [0, 0.1) is 5.92 Å². The summed E-state index contributed by atoms with van der Waals surface area (Å²) in [6, 6.07) is 0. The lowest BCUT2D eigenvalue weighted by atomic mass is 9.96. The number of halogens is 3. The number of hydrogen-bond donors (Lipinski definition) is 0. The van der Waals surface area contributed by atoms with Gasteiger partial charge in [0.05, 0.1) is 12.3 Å². The highest BCUT2D eigenvalue weighted by atomic mass is 32.2. The van der Waals surface area contributed by atoms with Gasteiger partial charge in [-0.1, -0.05) is 13.3 Å². The number of alkyl halides is 3. The quantitative estimate of drug-likeness (QED) is 0.642. The number of unbranched alkanes of at least 4 members (excludes halogenated alkanes) is 1. The number of aromatic nitrogens is 2. The molecule has 0 N–H and O–H groups in total. The summed E-state index contributed by atoms with van der Waals surface area (Å²) >= 11 is 0. The third-order valence-corrected chi connectivity index (χ3v) is 6.82. The summed E-state index contributed by atoms with van der Waals surface area (Å²) in [6.07, 6.45) is 0.364. The van der Waals surface area contributed by atoms with Gasteiger partial charge in [0.1, 0.15) is 12.4 Å². The largest absolute Gasteiger partial charge is 0.406 e. The summed E-state index contributed by atoms with van der Waals surface area (Å²) in [6.45, 7) is 1.32. The molecular formula is C17H27F3N4O3S. The molecule has 7 nitrogen and oxygen atoms in total. The number of imidazole rings is 1. The normalized spacial score (nSPS) is 17.0. The first-order valence-electron chi connectivity index (χ1n) is 9.33. The minimum atomic E-state index is -4.37. The molecule has 0 unspecified atom stereocenters. The van der Waals surface area contributed by atoms with Crippen molar-refractivity contribution in [3.63, 3.8) is 0 Å². The Morgan fingerprint density at radius 2 is 1.96 bits per heavy atom. The maximum atomic E-state index is 12.6. The molecular weight excluding hydrogens is 397 g/mol. The fraction of sp³-hybridized carbons (Fsp3) is 0.765. The summed E-state index contributed by atoms with van der Waals surface area (Å²) in [7, 11) is -1.76. The Bertz CT molecular complexity index is 756. The van der Waals surface area contributed by atoms with Gasteiger partial charge in [-0.3, -0.25) is 4.79 Å². The fourth-order valence-electron chi connectivity index (χ4n) is 3.27. The van der Waals surface area contributed by atoms with Crippen LogP contribution in [0.1, 0.15) is 38.4 Å². The molecule has 0 aromatic carbocycles. The van der Waals surface area contributed by atoms with E-state index in [9.17, 15) is 26.4 Å². The zero-order valence-corrected chi connectivity index (χ0v) is 17.0. The lowest BCUT2D eigenvalue weighted by molar-refractivity contribution is -0.141. The lowest BCUT2D eigenvalue weighted by Crippen LogP contribution is -2.44. The van der Waals surface area contributed by atoms with Gasteiger partial charge < -0.3 is 9.47 Å². The number of amides is 1. The van der Waals surface area contributed by atoms with Gasteiger partial charge in [0, 0.05) is 38.4 Å². The van der Waals surface area contributed by atoms with Gasteiger partial charge >= 0.3 is 6.18 Å². The molecule has 0 saturated carbocycles. The Balaban J connectivity index is 1.91. The first-order chi connectivity index (χ1) is 13.0. The second kappa shape index (κ2) is 9.25. The molecule has 2 heterocycles. The molecule has 1 amide bonds. The standard InChI is InChI=1S/C17H27F3N4O3S/c1-3-4-11-28(26,27)24-8-5-14(6-9-24)16(25)22(2)12-15-21-7-10-23(15)13-17(18,19)20/h7,10,14H,3-6,8-9,11-13H2,1-2H3. The van der Waals surface area contributed by atoms with E-state index in [2.05, 4.69) is 4.98 Å². The van der Waals surface area contributed by atoms with Crippen LogP contribution in [0.3, 0.4) is 0 Å². The molecule has 0 aliphatic carbocycles. The summed E-state index contributed by atoms with van der Waals surface area (Å²) in [4.78, 5) is 17.9. The van der Waals surface area contributed by atoms with E-state index in [0.717, 1.165) is 11.0 Å². The van der Waals surface area contributed by atoms with E-state index < -0.39 is 22.7 Å². The van der Waals surface area contributed by atoms with E-state index in [-0.39, 0.29) is 29.9 Å². The Morgan fingerprint density at radius 3 is 2.54 bits per heavy atom. The van der Waals surface area contributed by atoms with Crippen molar-refractivity contribution in [2.45, 2.75) is 51.9 Å². The number of nitrogens with zero attached hydrogens (tertiary/aromatic N) is 4. The van der Waals surface area contributed by atoms with Crippen LogP contribution in [-0.4, -0.2) is 65.1 Å². The first-order valence-corrected chi connectivity index (χ1v) is 10.9. The van der Waals surface area contributed by atoms with E-state index in [0.29, 0.717) is 32.4 Å². The number of piperidine rings is 1. The molecule has 28 heavy (non-hydrogen) atoms. The SMILES string of the molecule is CCCCS(=O)(=O)N1CCC(C(=O)N(C)Cc2nccn2CC(F)(F)F)CC1. The van der Waals surface area contributed by atoms with Gasteiger partial charge in [0.25, 0.3) is 0 Å². The van der Waals surface area contributed by atoms with Gasteiger partial charge in [0.15, 0.2) is 0 Å². The monoisotopic (exact) mass is 424 g/mol. The van der Waals surface area contributed by atoms with Crippen LogP contribution in [0.25, 0.3) is 0 Å². The Labute approximate surface area is 163 Å². The topological polar surface area (TPSA) is 75.5 Å². The van der Waals surface area contributed by atoms with Crippen LogP contribution < -0.4 is 0 Å². The van der Waals surface area contributed by atoms with E-state index in [4.69, 9.17) is 0 Å². The van der Waals surface area contributed by atoms with E-state index >= 15 is 0 Å². The molecule has 1 aromatic heterocycles. The summed E-state index contributed by atoms with van der Waals surface area (Å²) in [5, 5.41) is 0. The Hall–Kier alpha value is -1.62. The smallest absolute Gasteiger partial charge is 0.338 e. The van der Waals surface area contributed by atoms with Crippen LogP contribution in [-0.2, 0) is 27.9 Å². The fourth-order valence-corrected chi connectivity index (χ4v) is 4.95. The van der Waals surface area contributed by atoms with E-state index in [1.165, 1.54) is 28.6 Å². The molecule has 0 radical (unpaired) electrons. The third-order valence-electron chi connectivity index (χ3n) is 4.86. The molecule has 160 valence electrons. The van der Waals surface area contributed by atoms with Crippen molar-refractivity contribution in [2.24, 2.45) is 5.92 Å². The minimum absolute atomic E-state index is 0.0308. The van der Waals surface area contributed by atoms with Crippen LogP contribution in [0.5, 0.6) is 0 Å². The predicted octanol–water partition coefficient (Wildman–Crippen LogP) is 2.25. The maximum absolute atomic E-state index is 12.6. The van der Waals surface area contributed by atoms with Gasteiger partial charge in [-0.05, 0) is 19.3 Å². The van der Waals surface area contributed by atoms with Gasteiger partial charge in [-0.2, -0.15) is 13.2 Å². The molecule has 2 rings (SSSR count). The summed E-state index contributed by atoms with van der Waals surface area (Å²) < 4.78 is 64.7. The molecule has 1 aromatic rings. The van der Waals surface area contributed by atoms with Crippen molar-refractivity contribution >= 4 is 15.9 Å². The van der Waals surface area contributed by atoms with Crippen molar-refractivity contribution in [3.05, 3.63) is 18.2 Å². The second-order valence-electron chi connectivity index (χ2n) is 7.12. The van der Waals surface area contributed by atoms with Gasteiger partial charge in [-0.25, -0.2) is 17.7 Å². The molecule has 1 saturated heterocycles. The van der Waals surface area contributed by atoms with Gasteiger partial charge in [0.2, 0.25) is 15.9 Å². The van der Waals surface area contributed by atoms with Crippen molar-refractivity contribution < 1.29 is 26.4 Å². The zero-order chi connectivity index (χ0) is 20.9. The third kappa shape index (κ3) is 6.20. The van der Waals surface area contributed by atoms with Crippen molar-refractivity contribution in [3.8, 4) is 0 Å². The van der Waals surface area contributed by atoms with Crippen LogP contribution in [0.4, 0.5) is 13.2 Å². The van der Waals surface area contributed by atoms with Crippen LogP contribution in [0.15, 0.2) is 12.4 Å². The molecule has 0 atom stereocenters. The van der Waals surface area contributed by atoms with Crippen molar-refractivity contribution in [1.29, 1.82) is 0 Å². The number of hydrogen-bond acceptors (Lipinski definition) is 4. The predicted molar refractivity (Wildman–Crippen MR) is 97.7 cm³/mol. The first kappa shape index (κ1) is 22.7. The molecule has 1 aliphatic heterocycles. The molecule has 0 bridgehead atoms. The maximum Gasteiger partial charge on any atom is 0.406 e. The Morgan fingerprint density at radius 1 is 1.32 bits per heavy atom. The van der Waals surface area contributed by atoms with E-state index in [1.807, 2.05) is 6.92 Å². The lowest BCUT2D eigenvalue weighted by Gasteiger charge is -2.32. The van der Waals surface area contributed by atoms with Crippen molar-refractivity contribution in [1.82, 2.24) is 18.8 Å². The molecule has 0 spiro atoms. The molecule has 11 heteroatoms. The average Bonchev–Trinajstić information content (AvgIpc) is 3.04. The highest BCUT2D eigenvalue weighted by Crippen LogP contribution is 2.23. The molecule has 1 fully saturated rings. The highest BCUT2D eigenvalue weighted by Gasteiger charge is 2.33. The van der Waals surface area contributed by atoms with Crippen molar-refractivity contribution in [2.75, 3.05) is 25.9 Å². The second-order valence-corrected chi connectivity index (χ2v) is 9.21. The Kier molecular flexibility index (Phi) is 7.49. The van der Waals surface area contributed by atoms with Gasteiger partial charge in [-0.15, -0.1) is 0 Å². The zero-order valence-electron chi connectivity index (χ0n) is 16.2. The number of sulfonamides is 1. The molecule has 1 aliphatic rings. The summed E-state index contributed by atoms with van der Waals surface area (Å²) in [5.41, 5.74) is 0. The highest BCUT2D eigenvalue weighted by molar-refractivity contribution is 7.89. The number of rotatable bonds is 8.